The molecule has 0 saturated carbocycles. The largest absolute Gasteiger partial charge is 0.456 e. The number of hydrogen-bond donors (Lipinski definition) is 0. The van der Waals surface area contributed by atoms with Gasteiger partial charge < -0.3 is 8.83 Å². The molecular weight excluding hydrogens is 765 g/mol. The van der Waals surface area contributed by atoms with E-state index in [2.05, 4.69) is 208 Å². The molecule has 0 atom stereocenters. The fourth-order valence-electron chi connectivity index (χ4n) is 11.4. The second-order valence-electron chi connectivity index (χ2n) is 17.9. The molecule has 1 aliphatic carbocycles. The molecule has 0 radical (unpaired) electrons. The molecule has 0 N–H and O–H groups in total. The lowest BCUT2D eigenvalue weighted by molar-refractivity contribution is 0.660. The van der Waals surface area contributed by atoms with E-state index in [1.54, 1.807) is 0 Å². The minimum Gasteiger partial charge on any atom is -0.456 e. The fraction of sp³-hybridized carbons (Fsp3) is 0.0492. The quantitative estimate of drug-likeness (QED) is 0.166. The van der Waals surface area contributed by atoms with Crippen LogP contribution in [0.15, 0.2) is 203 Å². The van der Waals surface area contributed by atoms with Crippen molar-refractivity contribution < 1.29 is 8.83 Å². The maximum absolute atomic E-state index is 6.86. The lowest BCUT2D eigenvalue weighted by Gasteiger charge is -2.23. The van der Waals surface area contributed by atoms with Crippen molar-refractivity contribution in [3.05, 3.63) is 205 Å². The van der Waals surface area contributed by atoms with Crippen molar-refractivity contribution in [1.82, 2.24) is 0 Å². The molecule has 11 aromatic carbocycles. The van der Waals surface area contributed by atoms with E-state index in [1.807, 2.05) is 0 Å². The van der Waals surface area contributed by atoms with Gasteiger partial charge in [-0.1, -0.05) is 178 Å². The molecule has 2 heteroatoms. The van der Waals surface area contributed by atoms with E-state index >= 15 is 0 Å². The maximum atomic E-state index is 6.86. The number of rotatable bonds is 3. The van der Waals surface area contributed by atoms with E-state index in [0.29, 0.717) is 0 Å². The Morgan fingerprint density at radius 3 is 1.70 bits per heavy atom. The Morgan fingerprint density at radius 2 is 0.937 bits per heavy atom. The molecule has 0 spiro atoms. The summed E-state index contributed by atoms with van der Waals surface area (Å²) in [5.41, 5.74) is 15.7. The molecule has 0 amide bonds. The van der Waals surface area contributed by atoms with Gasteiger partial charge in [0.05, 0.1) is 0 Å². The Labute approximate surface area is 363 Å². The molecule has 2 nitrogen and oxygen atoms in total. The van der Waals surface area contributed by atoms with Crippen molar-refractivity contribution >= 4 is 87.0 Å². The zero-order valence-electron chi connectivity index (χ0n) is 34.8. The van der Waals surface area contributed by atoms with Gasteiger partial charge in [0, 0.05) is 32.5 Å². The highest BCUT2D eigenvalue weighted by Crippen LogP contribution is 2.54. The minimum atomic E-state index is -0.216. The Bertz CT molecular complexity index is 4060. The van der Waals surface area contributed by atoms with Crippen molar-refractivity contribution in [3.8, 4) is 44.5 Å². The van der Waals surface area contributed by atoms with Crippen molar-refractivity contribution in [2.45, 2.75) is 19.3 Å². The predicted molar refractivity (Wildman–Crippen MR) is 265 cm³/mol. The topological polar surface area (TPSA) is 26.3 Å². The third-order valence-corrected chi connectivity index (χ3v) is 14.2. The van der Waals surface area contributed by atoms with Crippen LogP contribution in [0.4, 0.5) is 0 Å². The molecule has 63 heavy (non-hydrogen) atoms. The van der Waals surface area contributed by atoms with Gasteiger partial charge in [0.25, 0.3) is 0 Å². The molecule has 0 aliphatic heterocycles. The second-order valence-corrected chi connectivity index (χ2v) is 17.9. The van der Waals surface area contributed by atoms with Crippen LogP contribution in [-0.4, -0.2) is 0 Å². The van der Waals surface area contributed by atoms with Crippen LogP contribution in [0.2, 0.25) is 0 Å². The summed E-state index contributed by atoms with van der Waals surface area (Å²) < 4.78 is 13.6. The first-order chi connectivity index (χ1) is 31.0. The summed E-state index contributed by atoms with van der Waals surface area (Å²) >= 11 is 0. The van der Waals surface area contributed by atoms with Gasteiger partial charge >= 0.3 is 0 Å². The first-order valence-electron chi connectivity index (χ1n) is 21.9. The normalized spacial score (nSPS) is 13.4. The van der Waals surface area contributed by atoms with Crippen molar-refractivity contribution in [2.75, 3.05) is 0 Å². The molecule has 13 aromatic rings. The van der Waals surface area contributed by atoms with Crippen LogP contribution in [0.25, 0.3) is 131 Å². The third kappa shape index (κ3) is 4.73. The number of para-hydroxylation sites is 1. The Kier molecular flexibility index (Phi) is 6.93. The van der Waals surface area contributed by atoms with Gasteiger partial charge in [-0.3, -0.25) is 0 Å². The second kappa shape index (κ2) is 12.6. The molecule has 2 aromatic heterocycles. The van der Waals surface area contributed by atoms with Crippen molar-refractivity contribution in [2.24, 2.45) is 0 Å². The van der Waals surface area contributed by atoms with Crippen LogP contribution in [-0.2, 0) is 5.41 Å². The highest BCUT2D eigenvalue weighted by Gasteiger charge is 2.36. The molecule has 2 heterocycles. The van der Waals surface area contributed by atoms with Gasteiger partial charge in [-0.05, 0) is 123 Å². The summed E-state index contributed by atoms with van der Waals surface area (Å²) in [6, 6.07) is 71.1. The molecule has 0 fully saturated rings. The van der Waals surface area contributed by atoms with E-state index in [-0.39, 0.29) is 5.41 Å². The summed E-state index contributed by atoms with van der Waals surface area (Å²) in [5, 5.41) is 14.4. The van der Waals surface area contributed by atoms with Crippen molar-refractivity contribution in [3.63, 3.8) is 0 Å². The summed E-state index contributed by atoms with van der Waals surface area (Å²) in [6.45, 7) is 4.76. The smallest absolute Gasteiger partial charge is 0.144 e. The highest BCUT2D eigenvalue weighted by atomic mass is 16.3. The van der Waals surface area contributed by atoms with Crippen LogP contribution >= 0.6 is 0 Å². The molecule has 0 saturated heterocycles. The lowest BCUT2D eigenvalue weighted by atomic mass is 9.80. The van der Waals surface area contributed by atoms with Gasteiger partial charge in [-0.15, -0.1) is 0 Å². The van der Waals surface area contributed by atoms with E-state index < -0.39 is 0 Å². The average Bonchev–Trinajstić information content (AvgIpc) is 3.97. The SMILES string of the molecule is CC1(C)c2ccc(-c3cc4oc5ccc6ccccc6c5c4c4c3oc3ccccc34)cc2-c2ccc(-c3c4ccccc4c(-c4cccc5ccccc45)c4ccccc34)cc21. The first kappa shape index (κ1) is 34.7. The number of hydrogen-bond acceptors (Lipinski definition) is 2. The summed E-state index contributed by atoms with van der Waals surface area (Å²) in [4.78, 5) is 0. The Hall–Kier alpha value is -7.94. The van der Waals surface area contributed by atoms with Gasteiger partial charge in [-0.25, -0.2) is 0 Å². The summed E-state index contributed by atoms with van der Waals surface area (Å²) in [5.74, 6) is 0. The third-order valence-electron chi connectivity index (χ3n) is 14.2. The number of benzene rings is 11. The first-order valence-corrected chi connectivity index (χ1v) is 21.9. The standard InChI is InChI=1S/C61H38O2/c1-61(2)50-30-27-37(48-34-54-59(58-47-23-11-12-25-52(47)63-60(48)58)57-40-18-6-4-15-36(40)28-31-53(57)62-54)32-49(50)41-29-26-38(33-51(41)61)55-43-19-7-9-21-45(43)56(46-22-10-8-20-44(46)55)42-24-13-16-35-14-3-5-17-39(35)42/h3-34H,1-2H3. The zero-order chi connectivity index (χ0) is 41.6. The van der Waals surface area contributed by atoms with Gasteiger partial charge in [-0.2, -0.15) is 0 Å². The Balaban J connectivity index is 0.973. The summed E-state index contributed by atoms with van der Waals surface area (Å²) in [6.07, 6.45) is 0. The van der Waals surface area contributed by atoms with Crippen LogP contribution < -0.4 is 0 Å². The maximum Gasteiger partial charge on any atom is 0.144 e. The molecule has 294 valence electrons. The lowest BCUT2D eigenvalue weighted by Crippen LogP contribution is -2.15. The molecule has 1 aliphatic rings. The Morgan fingerprint density at radius 1 is 0.317 bits per heavy atom. The van der Waals surface area contributed by atoms with Gasteiger partial charge in [0.15, 0.2) is 0 Å². The van der Waals surface area contributed by atoms with E-state index in [4.69, 9.17) is 8.83 Å². The molecular formula is C61H38O2. The van der Waals surface area contributed by atoms with Gasteiger partial charge in [0.2, 0.25) is 0 Å². The van der Waals surface area contributed by atoms with E-state index in [0.717, 1.165) is 55.0 Å². The van der Waals surface area contributed by atoms with Crippen LogP contribution in [0.3, 0.4) is 0 Å². The number of fused-ring (bicyclic) bond motifs is 15. The molecule has 0 unspecified atom stereocenters. The van der Waals surface area contributed by atoms with Crippen LogP contribution in [0.5, 0.6) is 0 Å². The zero-order valence-corrected chi connectivity index (χ0v) is 34.8. The molecule has 0 bridgehead atoms. The fourth-order valence-corrected chi connectivity index (χ4v) is 11.4. The average molecular weight is 803 g/mol. The van der Waals surface area contributed by atoms with Crippen LogP contribution in [0.1, 0.15) is 25.0 Å². The number of furan rings is 2. The monoisotopic (exact) mass is 802 g/mol. The van der Waals surface area contributed by atoms with E-state index in [9.17, 15) is 0 Å². The van der Waals surface area contributed by atoms with E-state index in [1.165, 1.54) is 87.6 Å². The summed E-state index contributed by atoms with van der Waals surface area (Å²) in [7, 11) is 0. The van der Waals surface area contributed by atoms with Crippen LogP contribution in [0, 0.1) is 0 Å². The highest BCUT2D eigenvalue weighted by molar-refractivity contribution is 6.32. The predicted octanol–water partition coefficient (Wildman–Crippen LogP) is 17.4. The molecule has 14 rings (SSSR count). The van der Waals surface area contributed by atoms with Gasteiger partial charge in [0.1, 0.15) is 22.3 Å². The minimum absolute atomic E-state index is 0.216. The van der Waals surface area contributed by atoms with Crippen molar-refractivity contribution in [1.29, 1.82) is 0 Å².